The molecule has 0 spiro atoms. The molecule has 1 atom stereocenters. The Kier molecular flexibility index (Phi) is 5.21. The Balaban J connectivity index is 2.30. The molecule has 2 nitrogen and oxygen atoms in total. The summed E-state index contributed by atoms with van der Waals surface area (Å²) in [6.45, 7) is 4.15. The molecule has 0 aliphatic carbocycles. The molecule has 0 fully saturated rings. The highest BCUT2D eigenvalue weighted by molar-refractivity contribution is 9.10. The Morgan fingerprint density at radius 2 is 1.90 bits per heavy atom. The van der Waals surface area contributed by atoms with Crippen molar-refractivity contribution in [3.8, 4) is 11.5 Å². The van der Waals surface area contributed by atoms with Crippen LogP contribution in [0.3, 0.4) is 0 Å². The van der Waals surface area contributed by atoms with Gasteiger partial charge in [0.1, 0.15) is 11.5 Å². The van der Waals surface area contributed by atoms with Crippen molar-refractivity contribution in [2.24, 2.45) is 5.73 Å². The van der Waals surface area contributed by atoms with Crippen molar-refractivity contribution in [2.75, 3.05) is 0 Å². The van der Waals surface area contributed by atoms with Crippen LogP contribution in [0.15, 0.2) is 46.9 Å². The Labute approximate surface area is 129 Å². The first-order valence-electron chi connectivity index (χ1n) is 6.87. The van der Waals surface area contributed by atoms with Crippen LogP contribution in [-0.4, -0.2) is 6.04 Å². The van der Waals surface area contributed by atoms with E-state index in [1.807, 2.05) is 43.3 Å². The van der Waals surface area contributed by atoms with Gasteiger partial charge in [0.2, 0.25) is 0 Å². The second-order valence-electron chi connectivity index (χ2n) is 4.99. The van der Waals surface area contributed by atoms with Crippen LogP contribution in [0.4, 0.5) is 0 Å². The van der Waals surface area contributed by atoms with E-state index >= 15 is 0 Å². The highest BCUT2D eigenvalue weighted by Crippen LogP contribution is 2.31. The third-order valence-corrected chi connectivity index (χ3v) is 3.84. The van der Waals surface area contributed by atoms with Crippen molar-refractivity contribution in [3.05, 3.63) is 58.1 Å². The molecule has 0 heterocycles. The van der Waals surface area contributed by atoms with Gasteiger partial charge in [-0.2, -0.15) is 0 Å². The monoisotopic (exact) mass is 333 g/mol. The van der Waals surface area contributed by atoms with E-state index in [2.05, 4.69) is 28.9 Å². The minimum atomic E-state index is 0.162. The van der Waals surface area contributed by atoms with E-state index in [-0.39, 0.29) is 6.04 Å². The van der Waals surface area contributed by atoms with E-state index in [4.69, 9.17) is 10.5 Å². The zero-order chi connectivity index (χ0) is 14.5. The zero-order valence-corrected chi connectivity index (χ0v) is 13.5. The van der Waals surface area contributed by atoms with Crippen LogP contribution in [-0.2, 0) is 6.42 Å². The number of nitrogens with two attached hydrogens (primary N) is 1. The molecule has 2 aromatic carbocycles. The first-order valence-corrected chi connectivity index (χ1v) is 7.67. The number of para-hydroxylation sites is 1. The summed E-state index contributed by atoms with van der Waals surface area (Å²) in [4.78, 5) is 0. The number of benzene rings is 2. The van der Waals surface area contributed by atoms with Gasteiger partial charge in [0, 0.05) is 10.5 Å². The molecule has 1 unspecified atom stereocenters. The third kappa shape index (κ3) is 3.84. The molecule has 0 radical (unpaired) electrons. The number of hydrogen-bond acceptors (Lipinski definition) is 2. The molecular weight excluding hydrogens is 314 g/mol. The van der Waals surface area contributed by atoms with Crippen molar-refractivity contribution in [1.29, 1.82) is 0 Å². The van der Waals surface area contributed by atoms with Gasteiger partial charge in [0.25, 0.3) is 0 Å². The molecule has 0 saturated carbocycles. The van der Waals surface area contributed by atoms with E-state index < -0.39 is 0 Å². The third-order valence-electron chi connectivity index (χ3n) is 3.35. The Morgan fingerprint density at radius 1 is 1.15 bits per heavy atom. The van der Waals surface area contributed by atoms with Gasteiger partial charge in [-0.15, -0.1) is 0 Å². The highest BCUT2D eigenvalue weighted by atomic mass is 79.9. The van der Waals surface area contributed by atoms with Crippen LogP contribution >= 0.6 is 15.9 Å². The first-order chi connectivity index (χ1) is 9.60. The van der Waals surface area contributed by atoms with Gasteiger partial charge < -0.3 is 10.5 Å². The van der Waals surface area contributed by atoms with Crippen LogP contribution in [0, 0.1) is 6.92 Å². The zero-order valence-electron chi connectivity index (χ0n) is 11.9. The topological polar surface area (TPSA) is 35.2 Å². The van der Waals surface area contributed by atoms with E-state index in [1.165, 1.54) is 0 Å². The lowest BCUT2D eigenvalue weighted by atomic mass is 10.0. The van der Waals surface area contributed by atoms with E-state index in [1.54, 1.807) is 0 Å². The summed E-state index contributed by atoms with van der Waals surface area (Å²) >= 11 is 3.50. The minimum absolute atomic E-state index is 0.162. The number of hydrogen-bond donors (Lipinski definition) is 1. The van der Waals surface area contributed by atoms with Gasteiger partial charge in [-0.05, 0) is 49.1 Å². The van der Waals surface area contributed by atoms with E-state index in [0.717, 1.165) is 39.9 Å². The van der Waals surface area contributed by atoms with Crippen molar-refractivity contribution in [2.45, 2.75) is 32.7 Å². The van der Waals surface area contributed by atoms with E-state index in [9.17, 15) is 0 Å². The maximum atomic E-state index is 6.08. The molecule has 2 rings (SSSR count). The highest BCUT2D eigenvalue weighted by Gasteiger charge is 2.10. The van der Waals surface area contributed by atoms with Crippen LogP contribution in [0.1, 0.15) is 24.5 Å². The molecule has 0 aromatic heterocycles. The Bertz CT molecular complexity index is 583. The average Bonchev–Trinajstić information content (AvgIpc) is 2.44. The number of ether oxygens (including phenoxy) is 1. The molecule has 0 aliphatic heterocycles. The van der Waals surface area contributed by atoms with Gasteiger partial charge in [-0.3, -0.25) is 0 Å². The second kappa shape index (κ2) is 6.91. The fraction of sp³-hybridized carbons (Fsp3) is 0.294. The molecule has 0 aliphatic rings. The van der Waals surface area contributed by atoms with Gasteiger partial charge in [-0.1, -0.05) is 47.1 Å². The molecular formula is C17H20BrNO. The second-order valence-corrected chi connectivity index (χ2v) is 5.91. The standard InChI is InChI=1S/C17H20BrNO/c1-3-15(19)10-13-8-9-14(18)11-17(13)20-16-7-5-4-6-12(16)2/h4-9,11,15H,3,10,19H2,1-2H3. The predicted octanol–water partition coefficient (Wildman–Crippen LogP) is 4.83. The predicted molar refractivity (Wildman–Crippen MR) is 87.4 cm³/mol. The summed E-state index contributed by atoms with van der Waals surface area (Å²) in [6.07, 6.45) is 1.78. The summed E-state index contributed by atoms with van der Waals surface area (Å²) in [7, 11) is 0. The minimum Gasteiger partial charge on any atom is -0.457 e. The SMILES string of the molecule is CCC(N)Cc1ccc(Br)cc1Oc1ccccc1C. The molecule has 0 bridgehead atoms. The summed E-state index contributed by atoms with van der Waals surface area (Å²) in [5.74, 6) is 1.76. The fourth-order valence-electron chi connectivity index (χ4n) is 2.01. The molecule has 0 saturated heterocycles. The molecule has 2 aromatic rings. The number of aryl methyl sites for hydroxylation is 1. The van der Waals surface area contributed by atoms with Gasteiger partial charge in [0.15, 0.2) is 0 Å². The molecule has 20 heavy (non-hydrogen) atoms. The van der Waals surface area contributed by atoms with Crippen molar-refractivity contribution in [3.63, 3.8) is 0 Å². The molecule has 0 amide bonds. The number of rotatable bonds is 5. The largest absolute Gasteiger partial charge is 0.457 e. The van der Waals surface area contributed by atoms with Crippen molar-refractivity contribution in [1.82, 2.24) is 0 Å². The van der Waals surface area contributed by atoms with Crippen LogP contribution in [0.5, 0.6) is 11.5 Å². The molecule has 2 N–H and O–H groups in total. The lowest BCUT2D eigenvalue weighted by molar-refractivity contribution is 0.468. The van der Waals surface area contributed by atoms with Gasteiger partial charge in [0.05, 0.1) is 0 Å². The Morgan fingerprint density at radius 3 is 2.60 bits per heavy atom. The maximum absolute atomic E-state index is 6.08. The first kappa shape index (κ1) is 15.1. The normalized spacial score (nSPS) is 12.2. The smallest absolute Gasteiger partial charge is 0.131 e. The summed E-state index contributed by atoms with van der Waals surface area (Å²) in [5.41, 5.74) is 8.34. The average molecular weight is 334 g/mol. The van der Waals surface area contributed by atoms with E-state index in [0.29, 0.717) is 0 Å². The molecule has 3 heteroatoms. The lowest BCUT2D eigenvalue weighted by Gasteiger charge is -2.15. The quantitative estimate of drug-likeness (QED) is 0.850. The van der Waals surface area contributed by atoms with Crippen LogP contribution in [0.2, 0.25) is 0 Å². The Hall–Kier alpha value is -1.32. The fourth-order valence-corrected chi connectivity index (χ4v) is 2.35. The van der Waals surface area contributed by atoms with Crippen molar-refractivity contribution < 1.29 is 4.74 Å². The summed E-state index contributed by atoms with van der Waals surface area (Å²) in [6, 6.07) is 14.3. The lowest BCUT2D eigenvalue weighted by Crippen LogP contribution is -2.21. The molecule has 106 valence electrons. The summed E-state index contributed by atoms with van der Waals surface area (Å²) in [5, 5.41) is 0. The van der Waals surface area contributed by atoms with Gasteiger partial charge in [-0.25, -0.2) is 0 Å². The summed E-state index contributed by atoms with van der Waals surface area (Å²) < 4.78 is 7.09. The van der Waals surface area contributed by atoms with Crippen LogP contribution < -0.4 is 10.5 Å². The van der Waals surface area contributed by atoms with Crippen molar-refractivity contribution >= 4 is 15.9 Å². The van der Waals surface area contributed by atoms with Gasteiger partial charge >= 0.3 is 0 Å². The maximum Gasteiger partial charge on any atom is 0.131 e. The van der Waals surface area contributed by atoms with Crippen LogP contribution in [0.25, 0.3) is 0 Å². The number of halogens is 1.